The number of rotatable bonds is 0. The van der Waals surface area contributed by atoms with Crippen LogP contribution in [-0.2, 0) is 0 Å². The van der Waals surface area contributed by atoms with E-state index in [1.54, 1.807) is 0 Å². The normalized spacial score (nSPS) is 11.3. The monoisotopic (exact) mass is 230 g/mol. The zero-order chi connectivity index (χ0) is 11.9. The van der Waals surface area contributed by atoms with Gasteiger partial charge in [-0.1, -0.05) is 30.3 Å². The van der Waals surface area contributed by atoms with Gasteiger partial charge >= 0.3 is 0 Å². The minimum atomic E-state index is 1.02. The maximum Gasteiger partial charge on any atom is 0.0723 e. The van der Waals surface area contributed by atoms with Gasteiger partial charge in [0.25, 0.3) is 0 Å². The molecule has 18 heavy (non-hydrogen) atoms. The fraction of sp³-hybridized carbons (Fsp3) is 0. The average molecular weight is 230 g/mol. The third kappa shape index (κ3) is 1.23. The van der Waals surface area contributed by atoms with Crippen molar-refractivity contribution in [2.75, 3.05) is 0 Å². The first kappa shape index (κ1) is 9.54. The van der Waals surface area contributed by atoms with Crippen LogP contribution in [0, 0.1) is 0 Å². The molecule has 1 aliphatic heterocycles. The summed E-state index contributed by atoms with van der Waals surface area (Å²) in [5.41, 5.74) is 4.28. The highest BCUT2D eigenvalue weighted by molar-refractivity contribution is 6.13. The van der Waals surface area contributed by atoms with Gasteiger partial charge in [0.05, 0.1) is 16.7 Å². The zero-order valence-corrected chi connectivity index (χ0v) is 9.67. The van der Waals surface area contributed by atoms with E-state index >= 15 is 0 Å². The van der Waals surface area contributed by atoms with Gasteiger partial charge in [0.15, 0.2) is 0 Å². The number of hydrogen-bond donors (Lipinski definition) is 0. The van der Waals surface area contributed by atoms with Gasteiger partial charge in [-0.25, -0.2) is 4.98 Å². The van der Waals surface area contributed by atoms with Crippen LogP contribution in [-0.4, -0.2) is 9.97 Å². The first-order chi connectivity index (χ1) is 8.93. The lowest BCUT2D eigenvalue weighted by atomic mass is 10.1. The maximum absolute atomic E-state index is 4.68. The Morgan fingerprint density at radius 3 is 2.61 bits per heavy atom. The predicted octanol–water partition coefficient (Wildman–Crippen LogP) is 3.89. The lowest BCUT2D eigenvalue weighted by Crippen LogP contribution is -1.78. The van der Waals surface area contributed by atoms with Crippen molar-refractivity contribution in [2.24, 2.45) is 0 Å². The Labute approximate surface area is 104 Å². The molecule has 1 aromatic carbocycles. The molecule has 0 fully saturated rings. The second-order valence-corrected chi connectivity index (χ2v) is 4.35. The minimum absolute atomic E-state index is 1.02. The molecule has 0 N–H and O–H groups in total. The molecule has 0 saturated carbocycles. The second kappa shape index (κ2) is 3.50. The highest BCUT2D eigenvalue weighted by Gasteiger charge is 2.12. The number of hydrogen-bond acceptors (Lipinski definition) is 2. The Bertz CT molecular complexity index is 836. The van der Waals surface area contributed by atoms with Gasteiger partial charge in [-0.15, -0.1) is 0 Å². The zero-order valence-electron chi connectivity index (χ0n) is 9.67. The van der Waals surface area contributed by atoms with Crippen molar-refractivity contribution in [3.8, 4) is 11.3 Å². The highest BCUT2D eigenvalue weighted by atomic mass is 14.7. The molecule has 2 heterocycles. The van der Waals surface area contributed by atoms with Crippen molar-refractivity contribution in [1.82, 2.24) is 9.97 Å². The van der Waals surface area contributed by atoms with E-state index in [2.05, 4.69) is 34.2 Å². The van der Waals surface area contributed by atoms with Crippen LogP contribution in [0.2, 0.25) is 0 Å². The van der Waals surface area contributed by atoms with Crippen LogP contribution in [0.3, 0.4) is 0 Å². The molecule has 0 bridgehead atoms. The fourth-order valence-corrected chi connectivity index (χ4v) is 2.49. The molecule has 0 atom stereocenters. The van der Waals surface area contributed by atoms with Gasteiger partial charge in [-0.05, 0) is 24.3 Å². The second-order valence-electron chi connectivity index (χ2n) is 4.35. The molecule has 2 aromatic rings. The van der Waals surface area contributed by atoms with Crippen LogP contribution in [0.25, 0.3) is 33.1 Å². The van der Waals surface area contributed by atoms with Gasteiger partial charge in [0.1, 0.15) is 0 Å². The van der Waals surface area contributed by atoms with Gasteiger partial charge in [-0.2, -0.15) is 0 Å². The Morgan fingerprint density at radius 1 is 0.722 bits per heavy atom. The van der Waals surface area contributed by atoms with E-state index in [0.717, 1.165) is 16.7 Å². The molecular weight excluding hydrogens is 220 g/mol. The van der Waals surface area contributed by atoms with Crippen LogP contribution in [0.1, 0.15) is 0 Å². The van der Waals surface area contributed by atoms with Gasteiger partial charge in [0.2, 0.25) is 0 Å². The van der Waals surface area contributed by atoms with E-state index in [1.807, 2.05) is 36.5 Å². The van der Waals surface area contributed by atoms with Crippen LogP contribution in [0.5, 0.6) is 0 Å². The Hall–Kier alpha value is -2.48. The van der Waals surface area contributed by atoms with E-state index in [4.69, 9.17) is 0 Å². The third-order valence-electron chi connectivity index (χ3n) is 3.29. The molecule has 4 rings (SSSR count). The van der Waals surface area contributed by atoms with Crippen LogP contribution in [0.15, 0.2) is 60.8 Å². The lowest BCUT2D eigenvalue weighted by Gasteiger charge is -1.99. The van der Waals surface area contributed by atoms with Crippen molar-refractivity contribution in [3.63, 3.8) is 0 Å². The van der Waals surface area contributed by atoms with E-state index < -0.39 is 0 Å². The van der Waals surface area contributed by atoms with E-state index in [-0.39, 0.29) is 0 Å². The summed E-state index contributed by atoms with van der Waals surface area (Å²) in [5.74, 6) is 0. The maximum atomic E-state index is 4.68. The molecular formula is C16H10N2. The van der Waals surface area contributed by atoms with Crippen molar-refractivity contribution in [1.29, 1.82) is 0 Å². The summed E-state index contributed by atoms with van der Waals surface area (Å²) in [4.78, 5) is 9.08. The molecule has 2 heteroatoms. The number of benzene rings is 1. The smallest absolute Gasteiger partial charge is 0.0723 e. The van der Waals surface area contributed by atoms with Crippen molar-refractivity contribution < 1.29 is 0 Å². The lowest BCUT2D eigenvalue weighted by molar-refractivity contribution is 1.42. The fourth-order valence-electron chi connectivity index (χ4n) is 2.49. The molecule has 1 aromatic heterocycles. The van der Waals surface area contributed by atoms with E-state index in [9.17, 15) is 0 Å². The van der Waals surface area contributed by atoms with E-state index in [0.29, 0.717) is 0 Å². The number of pyridine rings is 1. The molecule has 2 nitrogen and oxygen atoms in total. The van der Waals surface area contributed by atoms with Crippen LogP contribution >= 0.6 is 0 Å². The Morgan fingerprint density at radius 2 is 1.61 bits per heavy atom. The molecule has 0 saturated heterocycles. The van der Waals surface area contributed by atoms with E-state index in [1.165, 1.54) is 16.3 Å². The molecule has 0 spiro atoms. The van der Waals surface area contributed by atoms with Crippen molar-refractivity contribution in [3.05, 3.63) is 60.8 Å². The van der Waals surface area contributed by atoms with Gasteiger partial charge < -0.3 is 0 Å². The topological polar surface area (TPSA) is 25.8 Å². The first-order valence-electron chi connectivity index (χ1n) is 5.96. The Kier molecular flexibility index (Phi) is 1.86. The molecule has 84 valence electrons. The molecule has 0 radical (unpaired) electrons. The summed E-state index contributed by atoms with van der Waals surface area (Å²) in [5, 5.41) is 2.37. The summed E-state index contributed by atoms with van der Waals surface area (Å²) in [6.45, 7) is 0. The SMILES string of the molecule is c1ccc2nc3ccc4ncccc4c3c-2cc1. The summed E-state index contributed by atoms with van der Waals surface area (Å²) in [6, 6.07) is 18.4. The first-order valence-corrected chi connectivity index (χ1v) is 5.96. The van der Waals surface area contributed by atoms with Crippen LogP contribution < -0.4 is 0 Å². The van der Waals surface area contributed by atoms with Gasteiger partial charge in [-0.3, -0.25) is 4.98 Å². The number of fused-ring (bicyclic) bond motifs is 5. The summed E-state index contributed by atoms with van der Waals surface area (Å²) >= 11 is 0. The summed E-state index contributed by atoms with van der Waals surface area (Å²) in [7, 11) is 0. The molecule has 2 aliphatic rings. The predicted molar refractivity (Wildman–Crippen MR) is 73.7 cm³/mol. The highest BCUT2D eigenvalue weighted by Crippen LogP contribution is 2.34. The molecule has 0 unspecified atom stereocenters. The third-order valence-corrected chi connectivity index (χ3v) is 3.29. The van der Waals surface area contributed by atoms with Crippen molar-refractivity contribution in [2.45, 2.75) is 0 Å². The summed E-state index contributed by atoms with van der Waals surface area (Å²) in [6.07, 6.45) is 1.83. The summed E-state index contributed by atoms with van der Waals surface area (Å²) < 4.78 is 0. The van der Waals surface area contributed by atoms with Gasteiger partial charge in [0, 0.05) is 22.5 Å². The number of nitrogens with zero attached hydrogens (tertiary/aromatic N) is 2. The van der Waals surface area contributed by atoms with Crippen molar-refractivity contribution >= 4 is 21.8 Å². The molecule has 1 aliphatic carbocycles. The van der Waals surface area contributed by atoms with Crippen LogP contribution in [0.4, 0.5) is 0 Å². The standard InChI is InChI=1S/C16H10N2/c1-2-5-12-14(7-3-1)18-15-9-8-13-11(16(12)15)6-4-10-17-13/h1-10H. The minimum Gasteiger partial charge on any atom is -0.256 e. The quantitative estimate of drug-likeness (QED) is 0.458. The molecule has 0 amide bonds. The Balaban J connectivity index is 2.30. The largest absolute Gasteiger partial charge is 0.256 e. The average Bonchev–Trinajstić information content (AvgIpc) is 2.61. The number of aromatic nitrogens is 2.